The van der Waals surface area contributed by atoms with Crippen molar-refractivity contribution in [3.05, 3.63) is 24.8 Å². The second-order valence-electron chi connectivity index (χ2n) is 2.46. The van der Waals surface area contributed by atoms with Gasteiger partial charge >= 0.3 is 11.9 Å². The first-order valence-electron chi connectivity index (χ1n) is 3.98. The summed E-state index contributed by atoms with van der Waals surface area (Å²) in [5.41, 5.74) is 0. The van der Waals surface area contributed by atoms with Gasteiger partial charge in [-0.1, -0.05) is 0 Å². The number of rotatable bonds is 3. The van der Waals surface area contributed by atoms with Crippen LogP contribution >= 0.6 is 0 Å². The Morgan fingerprint density at radius 3 is 1.19 bits per heavy atom. The van der Waals surface area contributed by atoms with Gasteiger partial charge in [-0.2, -0.15) is 0 Å². The van der Waals surface area contributed by atoms with Crippen molar-refractivity contribution in [1.82, 2.24) is 9.97 Å². The van der Waals surface area contributed by atoms with Crippen LogP contribution < -0.4 is 0 Å². The highest BCUT2D eigenvalue weighted by atomic mass is 16.4. The molecule has 0 saturated heterocycles. The first kappa shape index (κ1) is 13.9. The molecule has 0 aromatic carbocycles. The second-order valence-corrected chi connectivity index (χ2v) is 2.46. The van der Waals surface area contributed by atoms with Crippen LogP contribution in [0.25, 0.3) is 0 Å². The van der Waals surface area contributed by atoms with Crippen molar-refractivity contribution >= 4 is 11.9 Å². The number of aliphatic carboxylic acids is 2. The molecule has 8 nitrogen and oxygen atoms in total. The molecule has 4 N–H and O–H groups in total. The number of hydrogen-bond acceptors (Lipinski definition) is 6. The third-order valence-electron chi connectivity index (χ3n) is 1.28. The van der Waals surface area contributed by atoms with Crippen molar-refractivity contribution in [1.29, 1.82) is 0 Å². The van der Waals surface area contributed by atoms with E-state index in [-0.39, 0.29) is 0 Å². The summed E-state index contributed by atoms with van der Waals surface area (Å²) in [5, 5.41) is 32.5. The second kappa shape index (κ2) is 7.26. The standard InChI is InChI=1S/C4H4N2.C4H6O6/c1-2-6-4-3-5-1;5-1(3(7)8)2(6)4(9)10/h1-4H;1-2,5-6H,(H,7,8)(H,9,10). The zero-order valence-electron chi connectivity index (χ0n) is 7.96. The molecule has 0 spiro atoms. The Labute approximate surface area is 89.8 Å². The van der Waals surface area contributed by atoms with Gasteiger partial charge in [0.05, 0.1) is 0 Å². The normalized spacial score (nSPS) is 12.9. The molecule has 1 heterocycles. The number of hydrogen-bond donors (Lipinski definition) is 4. The van der Waals surface area contributed by atoms with Crippen molar-refractivity contribution in [2.45, 2.75) is 12.2 Å². The van der Waals surface area contributed by atoms with Crippen molar-refractivity contribution in [3.63, 3.8) is 0 Å². The number of aliphatic hydroxyl groups is 2. The van der Waals surface area contributed by atoms with Crippen molar-refractivity contribution in [3.8, 4) is 0 Å². The molecule has 0 bridgehead atoms. The van der Waals surface area contributed by atoms with Gasteiger partial charge in [0.2, 0.25) is 0 Å². The van der Waals surface area contributed by atoms with Crippen LogP contribution in [0.3, 0.4) is 0 Å². The average Bonchev–Trinajstić information content (AvgIpc) is 2.30. The van der Waals surface area contributed by atoms with Crippen molar-refractivity contribution < 1.29 is 30.0 Å². The average molecular weight is 230 g/mol. The third-order valence-corrected chi connectivity index (χ3v) is 1.28. The summed E-state index contributed by atoms with van der Waals surface area (Å²) in [6, 6.07) is 0. The molecule has 1 rings (SSSR count). The predicted octanol–water partition coefficient (Wildman–Crippen LogP) is -1.65. The van der Waals surface area contributed by atoms with Crippen LogP contribution in [0.5, 0.6) is 0 Å². The Bertz CT molecular complexity index is 286. The van der Waals surface area contributed by atoms with Gasteiger partial charge in [0.1, 0.15) is 0 Å². The Morgan fingerprint density at radius 2 is 1.06 bits per heavy atom. The van der Waals surface area contributed by atoms with Gasteiger partial charge < -0.3 is 20.4 Å². The van der Waals surface area contributed by atoms with E-state index < -0.39 is 24.1 Å². The fraction of sp³-hybridized carbons (Fsp3) is 0.250. The lowest BCUT2D eigenvalue weighted by Crippen LogP contribution is -2.39. The molecule has 0 aliphatic heterocycles. The van der Waals surface area contributed by atoms with E-state index in [1.54, 1.807) is 24.8 Å². The van der Waals surface area contributed by atoms with E-state index in [9.17, 15) is 9.59 Å². The fourth-order valence-electron chi connectivity index (χ4n) is 0.523. The summed E-state index contributed by atoms with van der Waals surface area (Å²) in [6.07, 6.45) is 2.02. The minimum Gasteiger partial charge on any atom is -0.479 e. The van der Waals surface area contributed by atoms with Crippen LogP contribution in [0.1, 0.15) is 0 Å². The molecule has 2 atom stereocenters. The molecule has 0 amide bonds. The first-order valence-corrected chi connectivity index (χ1v) is 3.98. The topological polar surface area (TPSA) is 141 Å². The van der Waals surface area contributed by atoms with E-state index >= 15 is 0 Å². The van der Waals surface area contributed by atoms with Gasteiger partial charge in [-0.3, -0.25) is 9.97 Å². The molecule has 0 aliphatic rings. The molecule has 88 valence electrons. The highest BCUT2D eigenvalue weighted by Crippen LogP contribution is 1.92. The summed E-state index contributed by atoms with van der Waals surface area (Å²) >= 11 is 0. The van der Waals surface area contributed by atoms with E-state index in [2.05, 4.69) is 9.97 Å². The van der Waals surface area contributed by atoms with E-state index in [1.807, 2.05) is 0 Å². The maximum Gasteiger partial charge on any atom is 0.335 e. The van der Waals surface area contributed by atoms with Gasteiger partial charge in [0.15, 0.2) is 12.2 Å². The Kier molecular flexibility index (Phi) is 6.33. The third kappa shape index (κ3) is 5.62. The Hall–Kier alpha value is -2.06. The molecule has 0 radical (unpaired) electrons. The number of aliphatic hydroxyl groups excluding tert-OH is 2. The highest BCUT2D eigenvalue weighted by Gasteiger charge is 2.29. The maximum absolute atomic E-state index is 9.77. The molecular formula is C8H10N2O6. The van der Waals surface area contributed by atoms with Crippen LogP contribution in [0.4, 0.5) is 0 Å². The van der Waals surface area contributed by atoms with Gasteiger partial charge in [0, 0.05) is 24.8 Å². The van der Waals surface area contributed by atoms with E-state index in [4.69, 9.17) is 20.4 Å². The van der Waals surface area contributed by atoms with Crippen molar-refractivity contribution in [2.75, 3.05) is 0 Å². The Balaban J connectivity index is 0.000000315. The number of carbonyl (C=O) groups is 2. The smallest absolute Gasteiger partial charge is 0.335 e. The van der Waals surface area contributed by atoms with Crippen LogP contribution in [0, 0.1) is 0 Å². The van der Waals surface area contributed by atoms with E-state index in [0.29, 0.717) is 0 Å². The van der Waals surface area contributed by atoms with Gasteiger partial charge in [0.25, 0.3) is 0 Å². The first-order chi connectivity index (χ1) is 7.46. The van der Waals surface area contributed by atoms with Crippen LogP contribution in [-0.2, 0) is 9.59 Å². The zero-order chi connectivity index (χ0) is 12.6. The summed E-state index contributed by atoms with van der Waals surface area (Å²) in [5.74, 6) is -3.54. The van der Waals surface area contributed by atoms with E-state index in [0.717, 1.165) is 0 Å². The molecule has 2 unspecified atom stereocenters. The van der Waals surface area contributed by atoms with Gasteiger partial charge in [-0.05, 0) is 0 Å². The molecule has 1 aromatic rings. The summed E-state index contributed by atoms with van der Waals surface area (Å²) < 4.78 is 0. The van der Waals surface area contributed by atoms with Crippen LogP contribution in [-0.4, -0.2) is 54.5 Å². The molecular weight excluding hydrogens is 220 g/mol. The molecule has 0 saturated carbocycles. The largest absolute Gasteiger partial charge is 0.479 e. The van der Waals surface area contributed by atoms with Crippen molar-refractivity contribution in [2.24, 2.45) is 0 Å². The molecule has 0 fully saturated rings. The maximum atomic E-state index is 9.77. The minimum absolute atomic E-state index is 1.64. The highest BCUT2D eigenvalue weighted by molar-refractivity contribution is 5.83. The van der Waals surface area contributed by atoms with Gasteiger partial charge in [-0.15, -0.1) is 0 Å². The molecule has 1 aromatic heterocycles. The van der Waals surface area contributed by atoms with Gasteiger partial charge in [-0.25, -0.2) is 9.59 Å². The van der Waals surface area contributed by atoms with E-state index in [1.165, 1.54) is 0 Å². The lowest BCUT2D eigenvalue weighted by molar-refractivity contribution is -0.165. The van der Waals surface area contributed by atoms with Crippen LogP contribution in [0.2, 0.25) is 0 Å². The zero-order valence-corrected chi connectivity index (χ0v) is 7.96. The Morgan fingerprint density at radius 1 is 0.812 bits per heavy atom. The molecule has 8 heteroatoms. The SMILES string of the molecule is O=C(O)C(O)C(O)C(=O)O.c1cnccn1. The predicted molar refractivity (Wildman–Crippen MR) is 49.3 cm³/mol. The summed E-state index contributed by atoms with van der Waals surface area (Å²) in [7, 11) is 0. The summed E-state index contributed by atoms with van der Waals surface area (Å²) in [6.45, 7) is 0. The summed E-state index contributed by atoms with van der Waals surface area (Å²) in [4.78, 5) is 27.0. The monoisotopic (exact) mass is 230 g/mol. The fourth-order valence-corrected chi connectivity index (χ4v) is 0.523. The minimum atomic E-state index is -2.27. The molecule has 0 aliphatic carbocycles. The number of aromatic nitrogens is 2. The quantitative estimate of drug-likeness (QED) is 0.484. The van der Waals surface area contributed by atoms with Crippen LogP contribution in [0.15, 0.2) is 24.8 Å². The number of carboxylic acids is 2. The lowest BCUT2D eigenvalue weighted by atomic mass is 10.2. The lowest BCUT2D eigenvalue weighted by Gasteiger charge is -2.07. The number of carboxylic acid groups (broad SMARTS) is 2. The molecule has 16 heavy (non-hydrogen) atoms. The number of nitrogens with zero attached hydrogens (tertiary/aromatic N) is 2.